The number of carboxylic acids is 1. The summed E-state index contributed by atoms with van der Waals surface area (Å²) in [6, 6.07) is 0. The molecule has 1 N–H and O–H groups in total. The van der Waals surface area contributed by atoms with Crippen LogP contribution in [-0.2, 0) is 12.7 Å². The third kappa shape index (κ3) is 2.48. The number of alkyl halides is 4. The topological polar surface area (TPSA) is 42.2 Å². The highest BCUT2D eigenvalue weighted by atomic mass is 19.4. The van der Waals surface area contributed by atoms with Gasteiger partial charge in [0.05, 0.1) is 17.7 Å². The van der Waals surface area contributed by atoms with E-state index in [9.17, 15) is 22.4 Å². The van der Waals surface area contributed by atoms with Crippen molar-refractivity contribution in [3.63, 3.8) is 0 Å². The van der Waals surface area contributed by atoms with E-state index < -0.39 is 29.9 Å². The lowest BCUT2D eigenvalue weighted by molar-refractivity contribution is -0.138. The molecule has 0 spiro atoms. The zero-order valence-corrected chi connectivity index (χ0v) is 7.38. The molecule has 0 atom stereocenters. The second-order valence-corrected chi connectivity index (χ2v) is 2.82. The first-order chi connectivity index (χ1) is 6.86. The fraction of sp³-hybridized carbons (Fsp3) is 0.375. The van der Waals surface area contributed by atoms with Gasteiger partial charge in [0.1, 0.15) is 6.67 Å². The van der Waals surface area contributed by atoms with Crippen molar-refractivity contribution in [2.45, 2.75) is 12.7 Å². The molecular weight excluding hydrogens is 218 g/mol. The third-order valence-corrected chi connectivity index (χ3v) is 1.76. The summed E-state index contributed by atoms with van der Waals surface area (Å²) in [5.41, 5.74) is -2.13. The van der Waals surface area contributed by atoms with Crippen molar-refractivity contribution < 1.29 is 27.5 Å². The van der Waals surface area contributed by atoms with Crippen LogP contribution in [-0.4, -0.2) is 22.3 Å². The second-order valence-electron chi connectivity index (χ2n) is 2.82. The monoisotopic (exact) mass is 225 g/mol. The lowest BCUT2D eigenvalue weighted by atomic mass is 10.2. The van der Waals surface area contributed by atoms with Gasteiger partial charge in [-0.25, -0.2) is 9.18 Å². The first kappa shape index (κ1) is 11.5. The lowest BCUT2D eigenvalue weighted by Gasteiger charge is -2.04. The number of hydrogen-bond donors (Lipinski definition) is 1. The summed E-state index contributed by atoms with van der Waals surface area (Å²) in [7, 11) is 0. The van der Waals surface area contributed by atoms with Crippen LogP contribution < -0.4 is 0 Å². The van der Waals surface area contributed by atoms with Gasteiger partial charge in [0, 0.05) is 12.4 Å². The van der Waals surface area contributed by atoms with Crippen LogP contribution in [0.15, 0.2) is 12.4 Å². The van der Waals surface area contributed by atoms with Gasteiger partial charge in [0.2, 0.25) is 0 Å². The number of hydrogen-bond acceptors (Lipinski definition) is 1. The zero-order valence-electron chi connectivity index (χ0n) is 7.38. The Balaban J connectivity index is 3.18. The molecule has 0 saturated heterocycles. The minimum Gasteiger partial charge on any atom is -0.478 e. The van der Waals surface area contributed by atoms with Gasteiger partial charge < -0.3 is 9.67 Å². The van der Waals surface area contributed by atoms with E-state index in [0.29, 0.717) is 6.20 Å². The van der Waals surface area contributed by atoms with Crippen LogP contribution in [0.25, 0.3) is 0 Å². The van der Waals surface area contributed by atoms with Gasteiger partial charge >= 0.3 is 12.1 Å². The van der Waals surface area contributed by atoms with Gasteiger partial charge in [0.15, 0.2) is 0 Å². The van der Waals surface area contributed by atoms with E-state index >= 15 is 0 Å². The molecule has 15 heavy (non-hydrogen) atoms. The normalized spacial score (nSPS) is 11.7. The van der Waals surface area contributed by atoms with Crippen LogP contribution in [0.1, 0.15) is 15.9 Å². The molecule has 0 saturated carbocycles. The van der Waals surface area contributed by atoms with E-state index in [2.05, 4.69) is 0 Å². The Morgan fingerprint density at radius 3 is 2.33 bits per heavy atom. The highest BCUT2D eigenvalue weighted by Gasteiger charge is 2.36. The van der Waals surface area contributed by atoms with Crippen LogP contribution in [0.5, 0.6) is 0 Å². The van der Waals surface area contributed by atoms with Crippen LogP contribution in [0.3, 0.4) is 0 Å². The molecule has 0 aliphatic heterocycles. The molecular formula is C8H7F4NO2. The molecule has 0 bridgehead atoms. The third-order valence-electron chi connectivity index (χ3n) is 1.76. The number of halogens is 4. The molecule has 0 aliphatic rings. The summed E-state index contributed by atoms with van der Waals surface area (Å²) in [5, 5.41) is 8.50. The molecule has 1 aromatic rings. The number of nitrogens with zero attached hydrogens (tertiary/aromatic N) is 1. The molecule has 0 aliphatic carbocycles. The predicted molar refractivity (Wildman–Crippen MR) is 42.4 cm³/mol. The SMILES string of the molecule is O=C(O)c1cn(CCF)cc1C(F)(F)F. The molecule has 1 aromatic heterocycles. The Morgan fingerprint density at radius 2 is 2.00 bits per heavy atom. The Hall–Kier alpha value is -1.53. The number of carboxylic acid groups (broad SMARTS) is 1. The van der Waals surface area contributed by atoms with Crippen LogP contribution in [0.4, 0.5) is 17.6 Å². The van der Waals surface area contributed by atoms with Gasteiger partial charge in [-0.3, -0.25) is 0 Å². The Morgan fingerprint density at radius 1 is 1.40 bits per heavy atom. The summed E-state index contributed by atoms with van der Waals surface area (Å²) in [6.45, 7) is -1.15. The van der Waals surface area contributed by atoms with Crippen molar-refractivity contribution in [2.75, 3.05) is 6.67 Å². The fourth-order valence-corrected chi connectivity index (χ4v) is 1.13. The molecule has 84 valence electrons. The summed E-state index contributed by atoms with van der Waals surface area (Å²) >= 11 is 0. The number of aryl methyl sites for hydroxylation is 1. The lowest BCUT2D eigenvalue weighted by Crippen LogP contribution is -2.09. The van der Waals surface area contributed by atoms with Crippen molar-refractivity contribution in [1.82, 2.24) is 4.57 Å². The average molecular weight is 225 g/mol. The molecule has 1 heterocycles. The maximum Gasteiger partial charge on any atom is 0.418 e. The van der Waals surface area contributed by atoms with Gasteiger partial charge in [-0.15, -0.1) is 0 Å². The summed E-state index contributed by atoms with van der Waals surface area (Å²) < 4.78 is 49.6. The Kier molecular flexibility index (Phi) is 3.01. The standard InChI is InChI=1S/C8H7F4NO2/c9-1-2-13-3-5(7(14)15)6(4-13)8(10,11)12/h3-4H,1-2H2,(H,14,15). The van der Waals surface area contributed by atoms with Gasteiger partial charge in [-0.05, 0) is 0 Å². The molecule has 0 aromatic carbocycles. The van der Waals surface area contributed by atoms with Gasteiger partial charge in [-0.1, -0.05) is 0 Å². The summed E-state index contributed by atoms with van der Waals surface area (Å²) in [6.07, 6.45) is -3.39. The number of carbonyl (C=O) groups is 1. The smallest absolute Gasteiger partial charge is 0.418 e. The predicted octanol–water partition coefficient (Wildman–Crippen LogP) is 2.17. The quantitative estimate of drug-likeness (QED) is 0.801. The van der Waals surface area contributed by atoms with E-state index in [0.717, 1.165) is 10.8 Å². The first-order valence-corrected chi connectivity index (χ1v) is 3.92. The minimum atomic E-state index is -4.74. The van der Waals surface area contributed by atoms with E-state index in [1.54, 1.807) is 0 Å². The summed E-state index contributed by atoms with van der Waals surface area (Å²) in [4.78, 5) is 10.5. The number of rotatable bonds is 3. The van der Waals surface area contributed by atoms with E-state index in [1.807, 2.05) is 0 Å². The van der Waals surface area contributed by atoms with Crippen molar-refractivity contribution in [3.05, 3.63) is 23.5 Å². The maximum absolute atomic E-state index is 12.3. The largest absolute Gasteiger partial charge is 0.478 e. The van der Waals surface area contributed by atoms with Crippen molar-refractivity contribution in [2.24, 2.45) is 0 Å². The van der Waals surface area contributed by atoms with Gasteiger partial charge in [0.25, 0.3) is 0 Å². The molecule has 3 nitrogen and oxygen atoms in total. The zero-order chi connectivity index (χ0) is 11.6. The van der Waals surface area contributed by atoms with E-state index in [1.165, 1.54) is 0 Å². The number of aromatic carboxylic acids is 1. The molecule has 0 radical (unpaired) electrons. The molecule has 0 unspecified atom stereocenters. The molecule has 0 fully saturated rings. The second kappa shape index (κ2) is 3.92. The highest BCUT2D eigenvalue weighted by molar-refractivity contribution is 5.89. The average Bonchev–Trinajstić information content (AvgIpc) is 2.48. The van der Waals surface area contributed by atoms with E-state index in [-0.39, 0.29) is 6.54 Å². The molecule has 1 rings (SSSR count). The van der Waals surface area contributed by atoms with E-state index in [4.69, 9.17) is 5.11 Å². The minimum absolute atomic E-state index is 0.295. The van der Waals surface area contributed by atoms with Crippen molar-refractivity contribution >= 4 is 5.97 Å². The maximum atomic E-state index is 12.3. The molecule has 7 heteroatoms. The fourth-order valence-electron chi connectivity index (χ4n) is 1.13. The van der Waals surface area contributed by atoms with Crippen LogP contribution >= 0.6 is 0 Å². The first-order valence-electron chi connectivity index (χ1n) is 3.92. The summed E-state index contributed by atoms with van der Waals surface area (Å²) in [5.74, 6) is -1.68. The van der Waals surface area contributed by atoms with Crippen molar-refractivity contribution in [3.8, 4) is 0 Å². The van der Waals surface area contributed by atoms with Crippen LogP contribution in [0, 0.1) is 0 Å². The van der Waals surface area contributed by atoms with Crippen LogP contribution in [0.2, 0.25) is 0 Å². The van der Waals surface area contributed by atoms with Crippen molar-refractivity contribution in [1.29, 1.82) is 0 Å². The number of aromatic nitrogens is 1. The Labute approximate surface area is 81.9 Å². The van der Waals surface area contributed by atoms with Gasteiger partial charge in [-0.2, -0.15) is 13.2 Å². The Bertz CT molecular complexity index is 369. The highest BCUT2D eigenvalue weighted by Crippen LogP contribution is 2.32. The molecule has 0 amide bonds.